The number of carbonyl (C=O) groups excluding carboxylic acids is 4. The second-order valence-corrected chi connectivity index (χ2v) is 12.8. The van der Waals surface area contributed by atoms with Crippen LogP contribution in [0.4, 0.5) is 0 Å². The molecule has 3 atom stereocenters. The van der Waals surface area contributed by atoms with Crippen LogP contribution < -0.4 is 10.1 Å². The number of carbonyl (C=O) groups is 4. The van der Waals surface area contributed by atoms with Crippen LogP contribution in [0.25, 0.3) is 11.1 Å². The fourth-order valence-corrected chi connectivity index (χ4v) is 7.52. The molecule has 2 amide bonds. The summed E-state index contributed by atoms with van der Waals surface area (Å²) in [6, 6.07) is 31.7. The number of amides is 2. The van der Waals surface area contributed by atoms with Gasteiger partial charge in [0.15, 0.2) is 30.1 Å². The standard InChI is InChI=1S/C35H29N3O7S2/c1-22(39)30(34(42)45-31(23-13-5-2-6-14-23)24-15-7-3-8-16-24)38-32(41)29(37-28(40)21-43-25-17-9-4-10-18-25)33(38)46-47-35-36-26-19-11-12-20-27(26)44-35/h2-20,29-31,33H,21H2,1H3,(H,37,40). The average molecular weight is 668 g/mol. The number of oxazole rings is 1. The molecular weight excluding hydrogens is 639 g/mol. The summed E-state index contributed by atoms with van der Waals surface area (Å²) in [5.41, 5.74) is 2.63. The average Bonchev–Trinajstić information content (AvgIpc) is 3.52. The van der Waals surface area contributed by atoms with Gasteiger partial charge < -0.3 is 24.1 Å². The predicted octanol–water partition coefficient (Wildman–Crippen LogP) is 5.59. The van der Waals surface area contributed by atoms with Crippen molar-refractivity contribution in [3.63, 3.8) is 0 Å². The number of nitrogens with zero attached hydrogens (tertiary/aromatic N) is 2. The third kappa shape index (κ3) is 7.34. The van der Waals surface area contributed by atoms with Crippen LogP contribution in [-0.2, 0) is 23.9 Å². The monoisotopic (exact) mass is 667 g/mol. The fourth-order valence-electron chi connectivity index (χ4n) is 5.09. The summed E-state index contributed by atoms with van der Waals surface area (Å²) in [6.07, 6.45) is -0.825. The van der Waals surface area contributed by atoms with Gasteiger partial charge in [-0.1, -0.05) is 102 Å². The van der Waals surface area contributed by atoms with Crippen LogP contribution in [0, 0.1) is 0 Å². The van der Waals surface area contributed by atoms with Crippen molar-refractivity contribution >= 4 is 56.3 Å². The number of β-lactam (4-membered cyclic amide) rings is 1. The normalized spacial score (nSPS) is 16.4. The third-order valence-electron chi connectivity index (χ3n) is 7.33. The van der Waals surface area contributed by atoms with Crippen molar-refractivity contribution in [2.24, 2.45) is 0 Å². The Morgan fingerprint density at radius 3 is 2.09 bits per heavy atom. The number of benzene rings is 4. The topological polar surface area (TPSA) is 128 Å². The zero-order valence-corrected chi connectivity index (χ0v) is 26.7. The van der Waals surface area contributed by atoms with Crippen LogP contribution in [-0.4, -0.2) is 57.5 Å². The van der Waals surface area contributed by atoms with Gasteiger partial charge in [0.1, 0.15) is 22.7 Å². The lowest BCUT2D eigenvalue weighted by molar-refractivity contribution is -0.169. The third-order valence-corrected chi connectivity index (χ3v) is 9.74. The number of likely N-dealkylation sites (tertiary alicyclic amines) is 1. The molecule has 0 saturated carbocycles. The highest BCUT2D eigenvalue weighted by atomic mass is 33.1. The molecule has 238 valence electrons. The van der Waals surface area contributed by atoms with Crippen molar-refractivity contribution in [1.82, 2.24) is 15.2 Å². The molecule has 1 saturated heterocycles. The van der Waals surface area contributed by atoms with Crippen molar-refractivity contribution in [1.29, 1.82) is 0 Å². The number of para-hydroxylation sites is 3. The summed E-state index contributed by atoms with van der Waals surface area (Å²) in [6.45, 7) is 0.895. The van der Waals surface area contributed by atoms with E-state index < -0.39 is 47.1 Å². The van der Waals surface area contributed by atoms with Crippen LogP contribution in [0.5, 0.6) is 5.75 Å². The molecule has 1 aliphatic rings. The van der Waals surface area contributed by atoms with Crippen LogP contribution in [0.2, 0.25) is 0 Å². The van der Waals surface area contributed by atoms with E-state index in [1.54, 1.807) is 36.4 Å². The van der Waals surface area contributed by atoms with Gasteiger partial charge in [0, 0.05) is 10.8 Å². The van der Waals surface area contributed by atoms with Crippen LogP contribution in [0.1, 0.15) is 24.2 Å². The van der Waals surface area contributed by atoms with Crippen LogP contribution >= 0.6 is 21.6 Å². The zero-order valence-electron chi connectivity index (χ0n) is 25.1. The van der Waals surface area contributed by atoms with E-state index in [1.807, 2.05) is 78.9 Å². The van der Waals surface area contributed by atoms with Crippen LogP contribution in [0.3, 0.4) is 0 Å². The molecule has 1 N–H and O–H groups in total. The van der Waals surface area contributed by atoms with E-state index in [2.05, 4.69) is 10.3 Å². The fraction of sp³-hybridized carbons (Fsp3) is 0.171. The summed E-state index contributed by atoms with van der Waals surface area (Å²) in [7, 11) is 2.26. The maximum Gasteiger partial charge on any atom is 0.337 e. The molecule has 0 radical (unpaired) electrons. The van der Waals surface area contributed by atoms with E-state index in [1.165, 1.54) is 6.92 Å². The molecule has 4 aromatic carbocycles. The van der Waals surface area contributed by atoms with Crippen molar-refractivity contribution in [3.05, 3.63) is 126 Å². The number of fused-ring (bicyclic) bond motifs is 1. The van der Waals surface area contributed by atoms with Gasteiger partial charge in [0.25, 0.3) is 11.1 Å². The molecular formula is C35H29N3O7S2. The first-order valence-electron chi connectivity index (χ1n) is 14.7. The predicted molar refractivity (Wildman–Crippen MR) is 177 cm³/mol. The molecule has 47 heavy (non-hydrogen) atoms. The molecule has 0 spiro atoms. The Kier molecular flexibility index (Phi) is 9.89. The number of nitrogens with one attached hydrogen (secondary N) is 1. The highest BCUT2D eigenvalue weighted by Gasteiger charge is 2.55. The maximum atomic E-state index is 13.9. The SMILES string of the molecule is CC(=O)C(C(=O)OC(c1ccccc1)c1ccccc1)N1C(=O)C(NC(=O)COc2ccccc2)C1SSc1nc2ccccc2o1. The Morgan fingerprint density at radius 2 is 1.47 bits per heavy atom. The van der Waals surface area contributed by atoms with Crippen molar-refractivity contribution in [2.75, 3.05) is 6.61 Å². The summed E-state index contributed by atoms with van der Waals surface area (Å²) in [4.78, 5) is 59.1. The minimum atomic E-state index is -1.56. The highest BCUT2D eigenvalue weighted by molar-refractivity contribution is 8.76. The number of rotatable bonds is 13. The van der Waals surface area contributed by atoms with Gasteiger partial charge in [-0.25, -0.2) is 9.78 Å². The Balaban J connectivity index is 1.23. The molecule has 2 heterocycles. The molecule has 1 fully saturated rings. The van der Waals surface area contributed by atoms with E-state index in [4.69, 9.17) is 13.9 Å². The largest absolute Gasteiger partial charge is 0.484 e. The number of aromatic nitrogens is 1. The number of Topliss-reactive ketones (excluding diaryl/α,β-unsaturated/α-hetero) is 1. The molecule has 12 heteroatoms. The Hall–Kier alpha value is -5.07. The van der Waals surface area contributed by atoms with Crippen molar-refractivity contribution < 1.29 is 33.1 Å². The molecule has 3 unspecified atom stereocenters. The highest BCUT2D eigenvalue weighted by Crippen LogP contribution is 2.43. The Bertz CT molecular complexity index is 1800. The first kappa shape index (κ1) is 31.9. The second-order valence-electron chi connectivity index (χ2n) is 10.6. The van der Waals surface area contributed by atoms with E-state index in [0.29, 0.717) is 33.2 Å². The van der Waals surface area contributed by atoms with Crippen molar-refractivity contribution in [3.8, 4) is 5.75 Å². The number of hydrogen-bond donors (Lipinski definition) is 1. The Morgan fingerprint density at radius 1 is 0.872 bits per heavy atom. The number of ether oxygens (including phenoxy) is 2. The minimum absolute atomic E-state index is 0.308. The summed E-state index contributed by atoms with van der Waals surface area (Å²) in [5, 5.41) is 2.16. The van der Waals surface area contributed by atoms with Gasteiger partial charge in [0.05, 0.1) is 0 Å². The first-order chi connectivity index (χ1) is 22.9. The van der Waals surface area contributed by atoms with Crippen molar-refractivity contribution in [2.45, 2.75) is 35.7 Å². The molecule has 6 rings (SSSR count). The van der Waals surface area contributed by atoms with Gasteiger partial charge in [-0.05, 0) is 42.3 Å². The summed E-state index contributed by atoms with van der Waals surface area (Å²) in [5.74, 6) is -2.13. The summed E-state index contributed by atoms with van der Waals surface area (Å²) >= 11 is 0. The van der Waals surface area contributed by atoms with Gasteiger partial charge in [0.2, 0.25) is 5.91 Å². The molecule has 1 aliphatic heterocycles. The van der Waals surface area contributed by atoms with E-state index in [0.717, 1.165) is 26.5 Å². The lowest BCUT2D eigenvalue weighted by Crippen LogP contribution is -2.74. The minimum Gasteiger partial charge on any atom is -0.484 e. The number of ketones is 1. The summed E-state index contributed by atoms with van der Waals surface area (Å²) < 4.78 is 17.4. The maximum absolute atomic E-state index is 13.9. The second kappa shape index (κ2) is 14.6. The molecule has 0 aliphatic carbocycles. The lowest BCUT2D eigenvalue weighted by Gasteiger charge is -2.48. The molecule has 0 bridgehead atoms. The molecule has 1 aromatic heterocycles. The number of hydrogen-bond acceptors (Lipinski definition) is 10. The quantitative estimate of drug-likeness (QED) is 0.0735. The van der Waals surface area contributed by atoms with E-state index in [-0.39, 0.29) is 6.61 Å². The van der Waals surface area contributed by atoms with Gasteiger partial charge in [-0.15, -0.1) is 0 Å². The van der Waals surface area contributed by atoms with Gasteiger partial charge in [-0.3, -0.25) is 14.4 Å². The van der Waals surface area contributed by atoms with Gasteiger partial charge in [-0.2, -0.15) is 0 Å². The zero-order chi connectivity index (χ0) is 32.8. The van der Waals surface area contributed by atoms with Gasteiger partial charge >= 0.3 is 5.97 Å². The number of esters is 1. The lowest BCUT2D eigenvalue weighted by atomic mass is 9.99. The van der Waals surface area contributed by atoms with E-state index in [9.17, 15) is 19.2 Å². The van der Waals surface area contributed by atoms with E-state index >= 15 is 0 Å². The smallest absolute Gasteiger partial charge is 0.337 e. The molecule has 5 aromatic rings. The first-order valence-corrected chi connectivity index (χ1v) is 16.9. The molecule has 10 nitrogen and oxygen atoms in total. The Labute approximate surface area is 278 Å². The van der Waals surface area contributed by atoms with Crippen LogP contribution in [0.15, 0.2) is 125 Å².